The minimum Gasteiger partial charge on any atom is -0.101 e. The number of halogens is 2. The lowest BCUT2D eigenvalue weighted by Gasteiger charge is -2.28. The molecule has 0 aromatic heterocycles. The van der Waals surface area contributed by atoms with Gasteiger partial charge in [0.15, 0.2) is 0 Å². The first-order valence-electron chi connectivity index (χ1n) is 5.48. The van der Waals surface area contributed by atoms with Crippen LogP contribution in [0.4, 0.5) is 0 Å². The normalized spacial score (nSPS) is 28.9. The molecule has 2 heteroatoms. The van der Waals surface area contributed by atoms with E-state index < -0.39 is 3.78 Å². The highest BCUT2D eigenvalue weighted by Gasteiger charge is 2.31. The largest absolute Gasteiger partial charge is 0.124 e. The van der Waals surface area contributed by atoms with Gasteiger partial charge in [-0.3, -0.25) is 0 Å². The van der Waals surface area contributed by atoms with Crippen LogP contribution in [0, 0.1) is 5.92 Å². The van der Waals surface area contributed by atoms with E-state index >= 15 is 0 Å². The predicted molar refractivity (Wildman–Crippen MR) is 74.9 cm³/mol. The Morgan fingerprint density at radius 2 is 2.00 bits per heavy atom. The molecule has 0 nitrogen and oxygen atoms in total. The Morgan fingerprint density at radius 3 is 2.62 bits per heavy atom. The topological polar surface area (TPSA) is 0 Å². The predicted octanol–water partition coefficient (Wildman–Crippen LogP) is 5.00. The van der Waals surface area contributed by atoms with Crippen molar-refractivity contribution in [2.45, 2.75) is 17.1 Å². The van der Waals surface area contributed by atoms with Gasteiger partial charge in [-0.1, -0.05) is 71.4 Å². The summed E-state index contributed by atoms with van der Waals surface area (Å²) in [6.45, 7) is 2.15. The van der Waals surface area contributed by atoms with Crippen LogP contribution in [0.3, 0.4) is 0 Å². The molecule has 0 bridgehead atoms. The Bertz CT molecular complexity index is 418. The average Bonchev–Trinajstić information content (AvgIpc) is 2.30. The van der Waals surface area contributed by atoms with Gasteiger partial charge in [0, 0.05) is 5.92 Å². The van der Waals surface area contributed by atoms with Crippen LogP contribution in [-0.2, 0) is 0 Å². The summed E-state index contributed by atoms with van der Waals surface area (Å²) in [6.07, 6.45) is 7.39. The van der Waals surface area contributed by atoms with E-state index in [1.54, 1.807) is 0 Å². The third kappa shape index (κ3) is 2.41. The standard InChI is InChI=1S/C14H14BrCl/c1-2-13-10-12(8-9-14(13,15)16)11-6-4-3-5-7-11/h3-10,13H,2H2,1H3. The molecule has 1 aromatic rings. The molecular weight excluding hydrogens is 284 g/mol. The van der Waals surface area contributed by atoms with Crippen LogP contribution in [0.1, 0.15) is 18.9 Å². The Balaban J connectivity index is 2.33. The fourth-order valence-electron chi connectivity index (χ4n) is 1.92. The maximum Gasteiger partial charge on any atom is 0.124 e. The van der Waals surface area contributed by atoms with Crippen LogP contribution in [0.15, 0.2) is 48.6 Å². The summed E-state index contributed by atoms with van der Waals surface area (Å²) in [5.74, 6) is 0.328. The van der Waals surface area contributed by atoms with Crippen LogP contribution in [0.2, 0.25) is 0 Å². The first kappa shape index (κ1) is 11.9. The Hall–Kier alpha value is -0.530. The molecule has 16 heavy (non-hydrogen) atoms. The monoisotopic (exact) mass is 296 g/mol. The summed E-state index contributed by atoms with van der Waals surface area (Å²) in [5, 5.41) is 0. The highest BCUT2D eigenvalue weighted by Crippen LogP contribution is 2.42. The molecule has 0 amide bonds. The van der Waals surface area contributed by atoms with E-state index in [2.05, 4.69) is 59.3 Å². The molecule has 0 heterocycles. The van der Waals surface area contributed by atoms with Crippen LogP contribution in [-0.4, -0.2) is 3.78 Å². The van der Waals surface area contributed by atoms with Crippen molar-refractivity contribution in [3.05, 3.63) is 54.1 Å². The fraction of sp³-hybridized carbons (Fsp3) is 0.286. The maximum absolute atomic E-state index is 6.38. The zero-order chi connectivity index (χ0) is 11.6. The highest BCUT2D eigenvalue weighted by atomic mass is 79.9. The summed E-state index contributed by atoms with van der Waals surface area (Å²) in [5.41, 5.74) is 2.50. The quantitative estimate of drug-likeness (QED) is 0.674. The van der Waals surface area contributed by atoms with Crippen molar-refractivity contribution >= 4 is 33.1 Å². The van der Waals surface area contributed by atoms with Crippen LogP contribution in [0.25, 0.3) is 5.57 Å². The zero-order valence-electron chi connectivity index (χ0n) is 9.16. The molecule has 2 rings (SSSR count). The Kier molecular flexibility index (Phi) is 3.56. The van der Waals surface area contributed by atoms with Crippen molar-refractivity contribution in [3.63, 3.8) is 0 Å². The van der Waals surface area contributed by atoms with Crippen LogP contribution in [0.5, 0.6) is 0 Å². The van der Waals surface area contributed by atoms with Crippen molar-refractivity contribution < 1.29 is 0 Å². The Morgan fingerprint density at radius 1 is 1.31 bits per heavy atom. The first-order chi connectivity index (χ1) is 7.63. The van der Waals surface area contributed by atoms with Gasteiger partial charge in [-0.05, 0) is 17.6 Å². The van der Waals surface area contributed by atoms with Crippen LogP contribution < -0.4 is 0 Å². The van der Waals surface area contributed by atoms with Crippen molar-refractivity contribution in [2.75, 3.05) is 0 Å². The minimum atomic E-state index is -0.417. The molecule has 0 spiro atoms. The molecule has 2 unspecified atom stereocenters. The number of alkyl halides is 2. The molecule has 0 saturated heterocycles. The van der Waals surface area contributed by atoms with E-state index in [1.165, 1.54) is 11.1 Å². The number of benzene rings is 1. The lowest BCUT2D eigenvalue weighted by atomic mass is 9.90. The summed E-state index contributed by atoms with van der Waals surface area (Å²) in [6, 6.07) is 10.4. The third-order valence-electron chi connectivity index (χ3n) is 2.91. The van der Waals surface area contributed by atoms with Gasteiger partial charge in [0.1, 0.15) is 3.78 Å². The number of rotatable bonds is 2. The molecule has 2 atom stereocenters. The summed E-state index contributed by atoms with van der Waals surface area (Å²) >= 11 is 9.93. The molecule has 0 fully saturated rings. The molecule has 0 N–H and O–H groups in total. The van der Waals surface area contributed by atoms with Crippen molar-refractivity contribution in [2.24, 2.45) is 5.92 Å². The molecule has 0 saturated carbocycles. The molecule has 1 aromatic carbocycles. The summed E-state index contributed by atoms with van der Waals surface area (Å²) in [4.78, 5) is 0. The lowest BCUT2D eigenvalue weighted by Crippen LogP contribution is -2.22. The van der Waals surface area contributed by atoms with Gasteiger partial charge in [-0.2, -0.15) is 0 Å². The average molecular weight is 298 g/mol. The maximum atomic E-state index is 6.38. The lowest BCUT2D eigenvalue weighted by molar-refractivity contribution is 0.619. The van der Waals surface area contributed by atoms with Gasteiger partial charge in [0.05, 0.1) is 0 Å². The SMILES string of the molecule is CCC1C=C(c2ccccc2)C=CC1(Cl)Br. The van der Waals surface area contributed by atoms with Gasteiger partial charge in [-0.25, -0.2) is 0 Å². The smallest absolute Gasteiger partial charge is 0.101 e. The second-order valence-corrected chi connectivity index (χ2v) is 6.40. The van der Waals surface area contributed by atoms with Gasteiger partial charge in [-0.15, -0.1) is 11.6 Å². The second kappa shape index (κ2) is 4.77. The third-order valence-corrected chi connectivity index (χ3v) is 4.17. The van der Waals surface area contributed by atoms with E-state index in [4.69, 9.17) is 11.6 Å². The van der Waals surface area contributed by atoms with Crippen molar-refractivity contribution in [1.82, 2.24) is 0 Å². The van der Waals surface area contributed by atoms with Crippen LogP contribution >= 0.6 is 27.5 Å². The highest BCUT2D eigenvalue weighted by molar-refractivity contribution is 9.10. The molecule has 84 valence electrons. The molecule has 0 aliphatic heterocycles. The van der Waals surface area contributed by atoms with Gasteiger partial charge in [0.2, 0.25) is 0 Å². The van der Waals surface area contributed by atoms with Crippen molar-refractivity contribution in [1.29, 1.82) is 0 Å². The van der Waals surface area contributed by atoms with E-state index in [-0.39, 0.29) is 0 Å². The summed E-state index contributed by atoms with van der Waals surface area (Å²) in [7, 11) is 0. The molecule has 0 radical (unpaired) electrons. The van der Waals surface area contributed by atoms with Crippen molar-refractivity contribution in [3.8, 4) is 0 Å². The van der Waals surface area contributed by atoms with E-state index in [1.807, 2.05) is 12.1 Å². The fourth-order valence-corrected chi connectivity index (χ4v) is 2.79. The minimum absolute atomic E-state index is 0.328. The summed E-state index contributed by atoms with van der Waals surface area (Å²) < 4.78 is -0.417. The number of hydrogen-bond acceptors (Lipinski definition) is 0. The van der Waals surface area contributed by atoms with E-state index in [0.717, 1.165) is 6.42 Å². The molecule has 1 aliphatic carbocycles. The second-order valence-electron chi connectivity index (χ2n) is 4.01. The van der Waals surface area contributed by atoms with E-state index in [0.29, 0.717) is 5.92 Å². The Labute approximate surface area is 110 Å². The number of hydrogen-bond donors (Lipinski definition) is 0. The van der Waals surface area contributed by atoms with Gasteiger partial charge in [0.25, 0.3) is 0 Å². The first-order valence-corrected chi connectivity index (χ1v) is 6.65. The van der Waals surface area contributed by atoms with Gasteiger partial charge < -0.3 is 0 Å². The molecular formula is C14H14BrCl. The zero-order valence-corrected chi connectivity index (χ0v) is 11.5. The van der Waals surface area contributed by atoms with E-state index in [9.17, 15) is 0 Å². The van der Waals surface area contributed by atoms with Gasteiger partial charge >= 0.3 is 0 Å². The molecule has 1 aliphatic rings. The number of allylic oxidation sites excluding steroid dienone is 4.